The molecule has 12 rings (SSSR count). The molecular weight excluding hydrogens is 1500 g/mol. The molecule has 8 aromatic heterocycles. The van der Waals surface area contributed by atoms with E-state index in [1.165, 1.54) is 12.8 Å². The molecule has 12 N–H and O–H groups in total. The van der Waals surface area contributed by atoms with E-state index in [9.17, 15) is 26.4 Å². The van der Waals surface area contributed by atoms with Crippen LogP contribution in [0.4, 0.5) is 32.9 Å². The first-order valence-electron chi connectivity index (χ1n) is 37.3. The Labute approximate surface area is 662 Å². The van der Waals surface area contributed by atoms with Crippen LogP contribution in [0.2, 0.25) is 5.28 Å². The second-order valence-corrected chi connectivity index (χ2v) is 30.4. The lowest BCUT2D eigenvalue weighted by Crippen LogP contribution is -2.37. The smallest absolute Gasteiger partial charge is 0.407 e. The lowest BCUT2D eigenvalue weighted by atomic mass is 9.91. The van der Waals surface area contributed by atoms with Crippen molar-refractivity contribution in [1.29, 1.82) is 0 Å². The number of nitrogens with two attached hydrogens (primary N) is 3. The van der Waals surface area contributed by atoms with Gasteiger partial charge in [0.15, 0.2) is 17.5 Å². The molecule has 4 fully saturated rings. The molecule has 4 aliphatic heterocycles. The number of piperidine rings is 4. The number of ether oxygens (including phenoxy) is 2. The minimum absolute atomic E-state index is 0. The summed E-state index contributed by atoms with van der Waals surface area (Å²) in [6.45, 7) is 15.4. The third kappa shape index (κ3) is 36.3. The molecule has 4 saturated heterocycles. The second kappa shape index (κ2) is 50.8. The summed E-state index contributed by atoms with van der Waals surface area (Å²) < 4.78 is 52.7. The number of carbonyl (C=O) groups is 2. The average molecular weight is 1610 g/mol. The highest BCUT2D eigenvalue weighted by Crippen LogP contribution is 2.29. The minimum atomic E-state index is -3.69. The van der Waals surface area contributed by atoms with E-state index in [1.807, 2.05) is 73.1 Å². The van der Waals surface area contributed by atoms with Gasteiger partial charge >= 0.3 is 19.7 Å². The van der Waals surface area contributed by atoms with Gasteiger partial charge in [-0.2, -0.15) is 16.8 Å². The summed E-state index contributed by atoms with van der Waals surface area (Å²) >= 11 is 5.84. The molecule has 32 nitrogen and oxygen atoms in total. The van der Waals surface area contributed by atoms with Crippen molar-refractivity contribution >= 4 is 90.1 Å². The molecule has 1 radical (unpaired) electrons. The maximum atomic E-state index is 11.6. The van der Waals surface area contributed by atoms with Crippen molar-refractivity contribution in [3.63, 3.8) is 0 Å². The summed E-state index contributed by atoms with van der Waals surface area (Å²) in [5.41, 5.74) is 9.16. The van der Waals surface area contributed by atoms with Crippen LogP contribution in [-0.2, 0) is 28.9 Å². The average Bonchev–Trinajstić information content (AvgIpc) is 0.844. The van der Waals surface area contributed by atoms with Crippen molar-refractivity contribution < 1.29 is 46.4 Å². The standard InChI is InChI=1S/C21H29N5O2.C16H25ClN4O2.C16H22N6O2S.C16H21N5.C5H5BNO.ClH2NO2S.H2O/c1-2-3-15-28-21(27)24-11-6-17-8-13-26(14-9-17)19-7-12-23-20(25-19)18-5-4-10-22-16-18;1-2-3-12-23-16(22)19-8-4-13-6-10-21(11-7-13)14-5-9-18-15(17)20-14;17-25(23,24)20-9-3-13-5-10-22(11-6-13)15-4-8-19-16(21-15)14-2-1-7-18-12-14;17-7-3-13-5-10-21(11-6-13)15-4-9-19-16(20-15)14-2-1-8-18-12-14;8-6-5-2-1-3-7-4-5;1-5(2,3)4;/h4-5,7,10,12,16-17H,2-3,6,8-9,11,13-15H2,1H3,(H,24,27);5,9,13H,2-4,6-8,10-12H2,1H3,(H,19,22);1-2,4,7-8,12-13,20H,3,5-6,9-11H2,(H2,17,23,24);1-2,4,8-9,12-13H,3,5-7,10-11,17H2;1-4,8H;(H2,2,3,4);1H2. The Hall–Kier alpha value is -9.04. The molecule has 0 unspecified atom stereocenters. The Bertz CT molecular complexity index is 4130. The maximum Gasteiger partial charge on any atom is 0.407 e. The van der Waals surface area contributed by atoms with E-state index in [0.29, 0.717) is 62.3 Å². The number of alkyl carbamates (subject to hydrolysis) is 2. The van der Waals surface area contributed by atoms with Gasteiger partial charge in [0, 0.05) is 174 Å². The summed E-state index contributed by atoms with van der Waals surface area (Å²) in [6, 6.07) is 22.9. The second-order valence-electron chi connectivity index (χ2n) is 26.5. The number of carbonyl (C=O) groups excluding carboxylic acids is 2. The highest BCUT2D eigenvalue weighted by molar-refractivity contribution is 8.11. The number of hydrogen-bond acceptors (Lipinski definition) is 26. The monoisotopic (exact) mass is 1610 g/mol. The molecule has 0 spiro atoms. The highest BCUT2D eigenvalue weighted by Gasteiger charge is 2.25. The number of nitrogens with zero attached hydrogens (tertiary/aromatic N) is 16. The number of amides is 2. The van der Waals surface area contributed by atoms with Crippen molar-refractivity contribution in [2.75, 3.05) is 111 Å². The summed E-state index contributed by atoms with van der Waals surface area (Å²) in [5, 5.41) is 23.4. The largest absolute Gasteiger partial charge is 0.450 e. The van der Waals surface area contributed by atoms with Gasteiger partial charge in [0.25, 0.3) is 19.4 Å². The fraction of sp³-hybridized carbons (Fsp3) is 0.486. The molecule has 0 aromatic carbocycles. The molecule has 601 valence electrons. The molecule has 0 aliphatic carbocycles. The molecule has 37 heteroatoms. The van der Waals surface area contributed by atoms with Crippen LogP contribution in [0, 0.1) is 23.7 Å². The van der Waals surface area contributed by atoms with Gasteiger partial charge in [0.1, 0.15) is 23.3 Å². The van der Waals surface area contributed by atoms with Crippen LogP contribution in [-0.4, -0.2) is 199 Å². The fourth-order valence-corrected chi connectivity index (χ4v) is 12.9. The number of nitrogens with one attached hydrogen (secondary N) is 3. The van der Waals surface area contributed by atoms with E-state index in [-0.39, 0.29) is 22.9 Å². The van der Waals surface area contributed by atoms with Gasteiger partial charge in [-0.25, -0.2) is 64.5 Å². The van der Waals surface area contributed by atoms with Crippen LogP contribution in [0.3, 0.4) is 0 Å². The Morgan fingerprint density at radius 2 is 0.820 bits per heavy atom. The molecule has 111 heavy (non-hydrogen) atoms. The number of rotatable bonds is 26. The predicted octanol–water partition coefficient (Wildman–Crippen LogP) is 7.90. The normalized spacial score (nSPS) is 14.7. The van der Waals surface area contributed by atoms with Gasteiger partial charge in [-0.1, -0.05) is 32.8 Å². The van der Waals surface area contributed by atoms with Gasteiger partial charge in [-0.3, -0.25) is 19.9 Å². The molecule has 0 atom stereocenters. The summed E-state index contributed by atoms with van der Waals surface area (Å²) in [7, 11) is -1.99. The highest BCUT2D eigenvalue weighted by atomic mass is 35.7. The Kier molecular flexibility index (Phi) is 41.6. The molecule has 0 saturated carbocycles. The van der Waals surface area contributed by atoms with Crippen molar-refractivity contribution in [2.45, 2.75) is 117 Å². The van der Waals surface area contributed by atoms with Gasteiger partial charge in [0.2, 0.25) is 5.28 Å². The van der Waals surface area contributed by atoms with E-state index in [1.54, 1.807) is 74.1 Å². The van der Waals surface area contributed by atoms with Gasteiger partial charge in [0.05, 0.1) is 13.2 Å². The van der Waals surface area contributed by atoms with Crippen molar-refractivity contribution in [3.05, 3.63) is 152 Å². The molecule has 0 bridgehead atoms. The first-order valence-corrected chi connectivity index (χ1v) is 41.6. The molecular formula is C74H106BCl2N22O10S2. The summed E-state index contributed by atoms with van der Waals surface area (Å²) in [6.07, 6.45) is 36.9. The van der Waals surface area contributed by atoms with Gasteiger partial charge in [-0.05, 0) is 204 Å². The first kappa shape index (κ1) is 90.8. The molecule has 2 amide bonds. The first-order chi connectivity index (χ1) is 53.3. The van der Waals surface area contributed by atoms with Crippen LogP contribution in [0.25, 0.3) is 34.2 Å². The van der Waals surface area contributed by atoms with Gasteiger partial charge in [-0.15, -0.1) is 0 Å². The van der Waals surface area contributed by atoms with Crippen molar-refractivity contribution in [1.82, 2.24) is 75.2 Å². The van der Waals surface area contributed by atoms with E-state index in [2.05, 4.69) is 119 Å². The van der Waals surface area contributed by atoms with Crippen molar-refractivity contribution in [3.8, 4) is 34.2 Å². The Morgan fingerprint density at radius 3 is 1.11 bits per heavy atom. The Morgan fingerprint density at radius 1 is 0.495 bits per heavy atom. The molecule has 12 heterocycles. The Balaban J connectivity index is 0.000000219. The number of hydrogen-bond donors (Lipinski definition) is 7. The lowest BCUT2D eigenvalue weighted by molar-refractivity contribution is 0.143. The minimum Gasteiger partial charge on any atom is -0.450 e. The van der Waals surface area contributed by atoms with Crippen molar-refractivity contribution in [2.24, 2.45) is 39.7 Å². The quantitative estimate of drug-likeness (QED) is 0.0117. The topological polar surface area (TPSA) is 454 Å². The SMILES string of the molecule is CCCCOC(=O)NCCC1CCN(c2ccnc(-c3cccnc3)n2)CC1.CCCCOC(=O)NCCC1CCN(c2ccnc(Cl)n2)CC1.NCCC1CCN(c2ccnc(-c3cccnc3)n2)CC1.NS(=O)(=O)Cl.NS(=O)(=O)NCCC1CCN(c2ccnc(-c3cccnc3)n2)CC1.O.O[B]c1cccnc1. The van der Waals surface area contributed by atoms with Crippen LogP contribution < -0.4 is 56.4 Å². The third-order valence-corrected chi connectivity index (χ3v) is 19.2. The van der Waals surface area contributed by atoms with E-state index < -0.39 is 19.4 Å². The van der Waals surface area contributed by atoms with E-state index in [0.717, 1.165) is 213 Å². The number of pyridine rings is 4. The molecule has 4 aliphatic rings. The van der Waals surface area contributed by atoms with Crippen LogP contribution in [0.1, 0.15) is 117 Å². The zero-order valence-corrected chi connectivity index (χ0v) is 66.3. The van der Waals surface area contributed by atoms with Gasteiger partial charge < -0.3 is 55.9 Å². The molecule has 8 aromatic rings. The number of anilines is 4. The lowest BCUT2D eigenvalue weighted by Gasteiger charge is -2.32. The number of unbranched alkanes of at least 4 members (excludes halogenated alkanes) is 2. The van der Waals surface area contributed by atoms with Crippen LogP contribution in [0.5, 0.6) is 0 Å². The summed E-state index contributed by atoms with van der Waals surface area (Å²) in [5.74, 6) is 8.40. The van der Waals surface area contributed by atoms with Crippen LogP contribution in [0.15, 0.2) is 147 Å². The zero-order valence-electron chi connectivity index (χ0n) is 63.1. The number of aromatic nitrogens is 12. The third-order valence-electron chi connectivity index (χ3n) is 18.4. The van der Waals surface area contributed by atoms with Crippen LogP contribution >= 0.6 is 22.3 Å². The summed E-state index contributed by atoms with van der Waals surface area (Å²) in [4.78, 5) is 83.6. The number of halogens is 2. The fourth-order valence-electron chi connectivity index (χ4n) is 12.4. The zero-order chi connectivity index (χ0) is 78.6. The maximum absolute atomic E-state index is 11.6. The predicted molar refractivity (Wildman–Crippen MR) is 434 cm³/mol. The van der Waals surface area contributed by atoms with E-state index in [4.69, 9.17) is 42.0 Å². The van der Waals surface area contributed by atoms with E-state index >= 15 is 0 Å².